The molecule has 3 aliphatic rings. The van der Waals surface area contributed by atoms with Crippen LogP contribution in [0.25, 0.3) is 22.3 Å². The van der Waals surface area contributed by atoms with Crippen LogP contribution in [0.2, 0.25) is 0 Å². The van der Waals surface area contributed by atoms with Gasteiger partial charge in [0.05, 0.1) is 35.1 Å². The van der Waals surface area contributed by atoms with Crippen molar-refractivity contribution >= 4 is 23.0 Å². The number of nitrogens with one attached hydrogen (secondary N) is 1. The van der Waals surface area contributed by atoms with E-state index in [4.69, 9.17) is 14.5 Å². The Labute approximate surface area is 246 Å². The van der Waals surface area contributed by atoms with Gasteiger partial charge in [-0.3, -0.25) is 4.79 Å². The quantitative estimate of drug-likeness (QED) is 0.293. The smallest absolute Gasteiger partial charge is 0.407 e. The molecule has 2 N–H and O–H groups in total. The standard InChI is InChI=1S/C33H30FN3O6/c1-4-33(41)22-11-26-29-20(13-37(26)30(38)21(22)15-42-31(33)39)28-24(36-32(40)43-14-18-7-5-16(2)6-8-18)10-9-19-17(3)23(34)12-25(35-29)27(19)28/h5-8,11-12,24,41H,4,9-10,13-15H2,1-3H3,(H,36,40). The first-order valence-corrected chi connectivity index (χ1v) is 14.4. The van der Waals surface area contributed by atoms with E-state index in [1.807, 2.05) is 31.2 Å². The summed E-state index contributed by atoms with van der Waals surface area (Å²) in [7, 11) is 0. The van der Waals surface area contributed by atoms with Gasteiger partial charge in [-0.05, 0) is 61.4 Å². The predicted molar refractivity (Wildman–Crippen MR) is 155 cm³/mol. The number of benzene rings is 2. The van der Waals surface area contributed by atoms with Gasteiger partial charge < -0.3 is 24.5 Å². The minimum atomic E-state index is -1.96. The minimum absolute atomic E-state index is 0.0233. The maximum atomic E-state index is 15.1. The third-order valence-corrected chi connectivity index (χ3v) is 9.16. The Morgan fingerprint density at radius 1 is 1.19 bits per heavy atom. The van der Waals surface area contributed by atoms with Crippen LogP contribution in [0.4, 0.5) is 9.18 Å². The average molecular weight is 584 g/mol. The van der Waals surface area contributed by atoms with Crippen LogP contribution in [-0.2, 0) is 46.0 Å². The van der Waals surface area contributed by atoms with Gasteiger partial charge in [0, 0.05) is 22.6 Å². The molecule has 2 atom stereocenters. The molecule has 7 rings (SSSR count). The van der Waals surface area contributed by atoms with Crippen LogP contribution in [0.5, 0.6) is 0 Å². The van der Waals surface area contributed by atoms with Crippen LogP contribution in [0, 0.1) is 19.7 Å². The summed E-state index contributed by atoms with van der Waals surface area (Å²) < 4.78 is 27.4. The molecular formula is C33H30FN3O6. The Morgan fingerprint density at radius 3 is 2.70 bits per heavy atom. The maximum absolute atomic E-state index is 15.1. The van der Waals surface area contributed by atoms with E-state index >= 15 is 4.39 Å². The number of aryl methyl sites for hydroxylation is 2. The second-order valence-electron chi connectivity index (χ2n) is 11.6. The number of alkyl carbamates (subject to hydrolysis) is 1. The highest BCUT2D eigenvalue weighted by molar-refractivity contribution is 5.93. The summed E-state index contributed by atoms with van der Waals surface area (Å²) in [6.45, 7) is 5.40. The fourth-order valence-corrected chi connectivity index (χ4v) is 6.72. The number of nitrogens with zero attached hydrogens (tertiary/aromatic N) is 2. The number of halogens is 1. The zero-order chi connectivity index (χ0) is 30.2. The lowest BCUT2D eigenvalue weighted by atomic mass is 9.81. The third kappa shape index (κ3) is 4.07. The highest BCUT2D eigenvalue weighted by atomic mass is 19.1. The summed E-state index contributed by atoms with van der Waals surface area (Å²) in [5.74, 6) is -1.18. The number of aromatic nitrogens is 2. The molecule has 0 bridgehead atoms. The zero-order valence-electron chi connectivity index (χ0n) is 24.0. The van der Waals surface area contributed by atoms with E-state index in [0.717, 1.165) is 33.2 Å². The van der Waals surface area contributed by atoms with E-state index in [9.17, 15) is 19.5 Å². The van der Waals surface area contributed by atoms with Gasteiger partial charge in [0.2, 0.25) is 0 Å². The summed E-state index contributed by atoms with van der Waals surface area (Å²) in [5.41, 5.74) is 4.20. The van der Waals surface area contributed by atoms with Crippen molar-refractivity contribution in [3.05, 3.63) is 97.1 Å². The van der Waals surface area contributed by atoms with Crippen molar-refractivity contribution in [3.63, 3.8) is 0 Å². The summed E-state index contributed by atoms with van der Waals surface area (Å²) in [5, 5.41) is 15.0. The Bertz CT molecular complexity index is 1930. The monoisotopic (exact) mass is 583 g/mol. The van der Waals surface area contributed by atoms with Crippen molar-refractivity contribution in [1.29, 1.82) is 0 Å². The van der Waals surface area contributed by atoms with Gasteiger partial charge >= 0.3 is 12.1 Å². The first kappa shape index (κ1) is 27.3. The summed E-state index contributed by atoms with van der Waals surface area (Å²) in [4.78, 5) is 44.2. The number of pyridine rings is 2. The fraction of sp³-hybridized carbons (Fsp3) is 0.333. The lowest BCUT2D eigenvalue weighted by molar-refractivity contribution is -0.172. The fourth-order valence-electron chi connectivity index (χ4n) is 6.72. The first-order chi connectivity index (χ1) is 20.6. The van der Waals surface area contributed by atoms with Crippen molar-refractivity contribution in [2.24, 2.45) is 0 Å². The molecule has 0 radical (unpaired) electrons. The number of fused-ring (bicyclic) bond motifs is 5. The number of ether oxygens (including phenoxy) is 2. The van der Waals surface area contributed by atoms with Crippen LogP contribution in [-0.4, -0.2) is 26.7 Å². The van der Waals surface area contributed by atoms with Gasteiger partial charge in [0.25, 0.3) is 5.56 Å². The predicted octanol–water partition coefficient (Wildman–Crippen LogP) is 4.75. The Morgan fingerprint density at radius 2 is 1.95 bits per heavy atom. The molecule has 43 heavy (non-hydrogen) atoms. The second-order valence-corrected chi connectivity index (χ2v) is 11.6. The van der Waals surface area contributed by atoms with Crippen molar-refractivity contribution < 1.29 is 28.6 Å². The van der Waals surface area contributed by atoms with Crippen molar-refractivity contribution in [2.45, 2.75) is 71.4 Å². The largest absolute Gasteiger partial charge is 0.458 e. The molecule has 0 fully saturated rings. The van der Waals surface area contributed by atoms with Gasteiger partial charge in [-0.2, -0.15) is 0 Å². The summed E-state index contributed by atoms with van der Waals surface area (Å²) in [6, 6.07) is 10.3. The van der Waals surface area contributed by atoms with Crippen molar-refractivity contribution in [1.82, 2.24) is 14.9 Å². The molecule has 9 nitrogen and oxygen atoms in total. The SMILES string of the molecule is CCC1(O)C(=O)OCc2c1cc1n(c2=O)Cc2c-1nc1cc(F)c(C)c3c1c2C(NC(=O)OCc1ccc(C)cc1)CC3. The second kappa shape index (κ2) is 9.74. The van der Waals surface area contributed by atoms with Crippen LogP contribution in [0.3, 0.4) is 0 Å². The van der Waals surface area contributed by atoms with Gasteiger partial charge in [0.15, 0.2) is 5.60 Å². The molecule has 4 heterocycles. The van der Waals surface area contributed by atoms with Crippen LogP contribution in [0.1, 0.15) is 70.3 Å². The Kier molecular flexibility index (Phi) is 6.18. The van der Waals surface area contributed by atoms with Gasteiger partial charge in [0.1, 0.15) is 19.0 Å². The lowest BCUT2D eigenvalue weighted by Crippen LogP contribution is -2.44. The number of esters is 1. The number of aliphatic hydroxyl groups is 1. The highest BCUT2D eigenvalue weighted by Gasteiger charge is 2.46. The molecule has 2 unspecified atom stereocenters. The Balaban J connectivity index is 1.35. The molecule has 2 aliphatic heterocycles. The van der Waals surface area contributed by atoms with Crippen LogP contribution in [0.15, 0.2) is 41.2 Å². The third-order valence-electron chi connectivity index (χ3n) is 9.16. The maximum Gasteiger partial charge on any atom is 0.407 e. The molecule has 2 aromatic carbocycles. The first-order valence-electron chi connectivity index (χ1n) is 14.4. The molecule has 4 aromatic rings. The van der Waals surface area contributed by atoms with Gasteiger partial charge in [-0.15, -0.1) is 0 Å². The molecule has 1 aliphatic carbocycles. The normalized spacial score (nSPS) is 19.8. The average Bonchev–Trinajstić information content (AvgIpc) is 3.37. The van der Waals surface area contributed by atoms with Crippen molar-refractivity contribution in [3.8, 4) is 11.4 Å². The molecule has 0 saturated heterocycles. The molecule has 220 valence electrons. The molecule has 0 saturated carbocycles. The number of cyclic esters (lactones) is 1. The molecule has 2 aromatic heterocycles. The van der Waals surface area contributed by atoms with E-state index < -0.39 is 23.7 Å². The van der Waals surface area contributed by atoms with E-state index in [1.165, 1.54) is 6.07 Å². The minimum Gasteiger partial charge on any atom is -0.458 e. The van der Waals surface area contributed by atoms with Gasteiger partial charge in [-0.25, -0.2) is 19.0 Å². The highest BCUT2D eigenvalue weighted by Crippen LogP contribution is 2.46. The lowest BCUT2D eigenvalue weighted by Gasteiger charge is -2.31. The number of amides is 1. The number of carbonyl (C=O) groups excluding carboxylic acids is 2. The summed E-state index contributed by atoms with van der Waals surface area (Å²) in [6.07, 6.45) is 0.469. The van der Waals surface area contributed by atoms with E-state index in [2.05, 4.69) is 5.32 Å². The van der Waals surface area contributed by atoms with Crippen LogP contribution >= 0.6 is 0 Å². The molecule has 0 spiro atoms. The zero-order valence-corrected chi connectivity index (χ0v) is 24.0. The summed E-state index contributed by atoms with van der Waals surface area (Å²) >= 11 is 0. The van der Waals surface area contributed by atoms with Crippen LogP contribution < -0.4 is 10.9 Å². The van der Waals surface area contributed by atoms with E-state index in [1.54, 1.807) is 24.5 Å². The number of carbonyl (C=O) groups is 2. The topological polar surface area (TPSA) is 120 Å². The van der Waals surface area contributed by atoms with Gasteiger partial charge in [-0.1, -0.05) is 36.8 Å². The Hall–Kier alpha value is -4.57. The molecule has 1 amide bonds. The molecular weight excluding hydrogens is 553 g/mol. The molecule has 10 heteroatoms. The van der Waals surface area contributed by atoms with E-state index in [-0.39, 0.29) is 48.7 Å². The number of hydrogen-bond acceptors (Lipinski definition) is 7. The van der Waals surface area contributed by atoms with Crippen molar-refractivity contribution in [2.75, 3.05) is 0 Å². The number of rotatable bonds is 4. The number of hydrogen-bond donors (Lipinski definition) is 2. The van der Waals surface area contributed by atoms with E-state index in [0.29, 0.717) is 35.3 Å².